The summed E-state index contributed by atoms with van der Waals surface area (Å²) in [5.74, 6) is 5.26. The molecule has 0 bridgehead atoms. The molecule has 0 saturated carbocycles. The zero-order valence-electron chi connectivity index (χ0n) is 11.3. The van der Waals surface area contributed by atoms with Gasteiger partial charge >= 0.3 is 0 Å². The Kier molecular flexibility index (Phi) is 5.50. The molecule has 5 N–H and O–H groups in total. The van der Waals surface area contributed by atoms with Crippen molar-refractivity contribution >= 4 is 35.0 Å². The molecule has 0 heterocycles. The summed E-state index contributed by atoms with van der Waals surface area (Å²) in [5.41, 5.74) is 9.66. The number of anilines is 1. The number of amides is 1. The van der Waals surface area contributed by atoms with Crippen molar-refractivity contribution < 1.29 is 4.79 Å². The highest BCUT2D eigenvalue weighted by Gasteiger charge is 2.20. The van der Waals surface area contributed by atoms with Crippen molar-refractivity contribution in [2.75, 3.05) is 11.5 Å². The van der Waals surface area contributed by atoms with Crippen LogP contribution >= 0.6 is 23.4 Å². The molecule has 1 unspecified atom stereocenters. The normalized spacial score (nSPS) is 11.9. The van der Waals surface area contributed by atoms with E-state index in [1.54, 1.807) is 12.1 Å². The van der Waals surface area contributed by atoms with Crippen molar-refractivity contribution in [3.63, 3.8) is 0 Å². The van der Waals surface area contributed by atoms with E-state index in [1.165, 1.54) is 11.8 Å². The molecule has 1 amide bonds. The van der Waals surface area contributed by atoms with Crippen LogP contribution < -0.4 is 17.0 Å². The third-order valence-corrected chi connectivity index (χ3v) is 4.46. The molecule has 2 rings (SSSR count). The van der Waals surface area contributed by atoms with Crippen LogP contribution in [0.5, 0.6) is 0 Å². The summed E-state index contributed by atoms with van der Waals surface area (Å²) in [7, 11) is 0. The zero-order valence-corrected chi connectivity index (χ0v) is 12.8. The van der Waals surface area contributed by atoms with Crippen LogP contribution in [0.2, 0.25) is 5.02 Å². The molecule has 6 heteroatoms. The second-order valence-electron chi connectivity index (χ2n) is 4.47. The lowest BCUT2D eigenvalue weighted by Crippen LogP contribution is -2.35. The van der Waals surface area contributed by atoms with E-state index in [9.17, 15) is 4.79 Å². The summed E-state index contributed by atoms with van der Waals surface area (Å²) >= 11 is 7.38. The van der Waals surface area contributed by atoms with Crippen molar-refractivity contribution in [2.24, 2.45) is 5.84 Å². The Morgan fingerprint density at radius 2 is 1.95 bits per heavy atom. The molecule has 0 aliphatic heterocycles. The van der Waals surface area contributed by atoms with E-state index in [-0.39, 0.29) is 11.8 Å². The van der Waals surface area contributed by atoms with Gasteiger partial charge in [0.25, 0.3) is 0 Å². The van der Waals surface area contributed by atoms with E-state index < -0.39 is 0 Å². The Labute approximate surface area is 132 Å². The van der Waals surface area contributed by atoms with Crippen molar-refractivity contribution in [3.8, 4) is 0 Å². The average molecular weight is 322 g/mol. The highest BCUT2D eigenvalue weighted by atomic mass is 35.5. The van der Waals surface area contributed by atoms with E-state index in [2.05, 4.69) is 5.43 Å². The zero-order chi connectivity index (χ0) is 15.2. The Bertz CT molecular complexity index is 622. The van der Waals surface area contributed by atoms with Gasteiger partial charge in [-0.2, -0.15) is 0 Å². The molecule has 2 aromatic rings. The number of nitrogens with one attached hydrogen (secondary N) is 1. The van der Waals surface area contributed by atoms with Crippen LogP contribution in [0.15, 0.2) is 53.4 Å². The first-order chi connectivity index (χ1) is 10.1. The van der Waals surface area contributed by atoms with Gasteiger partial charge in [0, 0.05) is 21.4 Å². The monoisotopic (exact) mass is 321 g/mol. The maximum Gasteiger partial charge on any atom is 0.242 e. The van der Waals surface area contributed by atoms with Crippen LogP contribution in [0, 0.1) is 0 Å². The van der Waals surface area contributed by atoms with Crippen molar-refractivity contribution in [2.45, 2.75) is 10.8 Å². The third kappa shape index (κ3) is 4.14. The summed E-state index contributed by atoms with van der Waals surface area (Å²) < 4.78 is 0. The number of thioether (sulfide) groups is 1. The lowest BCUT2D eigenvalue weighted by molar-refractivity contribution is -0.122. The van der Waals surface area contributed by atoms with Gasteiger partial charge in [0.1, 0.15) is 0 Å². The predicted molar refractivity (Wildman–Crippen MR) is 88.1 cm³/mol. The number of benzene rings is 2. The molecule has 0 radical (unpaired) electrons. The highest BCUT2D eigenvalue weighted by Crippen LogP contribution is 2.31. The smallest absolute Gasteiger partial charge is 0.242 e. The van der Waals surface area contributed by atoms with E-state index in [1.807, 2.05) is 36.4 Å². The maximum absolute atomic E-state index is 12.0. The summed E-state index contributed by atoms with van der Waals surface area (Å²) in [6.07, 6.45) is 0. The molecule has 110 valence electrons. The number of hydrogen-bond acceptors (Lipinski definition) is 4. The van der Waals surface area contributed by atoms with Crippen LogP contribution in [-0.2, 0) is 4.79 Å². The standard InChI is InChI=1S/C15H16ClN3OS/c16-11-6-7-14(13(17)8-11)21-9-12(15(20)19-18)10-4-2-1-3-5-10/h1-8,12H,9,17-18H2,(H,19,20). The van der Waals surface area contributed by atoms with E-state index in [4.69, 9.17) is 23.2 Å². The van der Waals surface area contributed by atoms with Gasteiger partial charge in [-0.15, -0.1) is 11.8 Å². The van der Waals surface area contributed by atoms with Gasteiger partial charge in [0.2, 0.25) is 5.91 Å². The van der Waals surface area contributed by atoms with Gasteiger partial charge in [-0.3, -0.25) is 10.2 Å². The lowest BCUT2D eigenvalue weighted by atomic mass is 10.0. The largest absolute Gasteiger partial charge is 0.398 e. The Hall–Kier alpha value is -1.69. The number of nitrogens with two attached hydrogens (primary N) is 2. The fourth-order valence-electron chi connectivity index (χ4n) is 1.93. The number of rotatable bonds is 5. The first-order valence-corrected chi connectivity index (χ1v) is 7.71. The van der Waals surface area contributed by atoms with Crippen molar-refractivity contribution in [1.82, 2.24) is 5.43 Å². The lowest BCUT2D eigenvalue weighted by Gasteiger charge is -2.16. The maximum atomic E-state index is 12.0. The minimum Gasteiger partial charge on any atom is -0.398 e. The quantitative estimate of drug-likeness (QED) is 0.260. The summed E-state index contributed by atoms with van der Waals surface area (Å²) in [6.45, 7) is 0. The van der Waals surface area contributed by atoms with Crippen LogP contribution in [0.25, 0.3) is 0 Å². The molecule has 0 fully saturated rings. The van der Waals surface area contributed by atoms with Gasteiger partial charge in [-0.1, -0.05) is 41.9 Å². The second kappa shape index (κ2) is 7.36. The fraction of sp³-hybridized carbons (Fsp3) is 0.133. The summed E-state index contributed by atoms with van der Waals surface area (Å²) in [6, 6.07) is 14.8. The number of carbonyl (C=O) groups is 1. The topological polar surface area (TPSA) is 81.1 Å². The molecule has 21 heavy (non-hydrogen) atoms. The van der Waals surface area contributed by atoms with E-state index in [0.717, 1.165) is 10.5 Å². The van der Waals surface area contributed by atoms with Gasteiger partial charge in [-0.25, -0.2) is 5.84 Å². The van der Waals surface area contributed by atoms with E-state index >= 15 is 0 Å². The molecule has 0 aliphatic rings. The Morgan fingerprint density at radius 1 is 1.24 bits per heavy atom. The highest BCUT2D eigenvalue weighted by molar-refractivity contribution is 7.99. The SMILES string of the molecule is NNC(=O)C(CSc1ccc(Cl)cc1N)c1ccccc1. The van der Waals surface area contributed by atoms with Crippen LogP contribution in [-0.4, -0.2) is 11.7 Å². The van der Waals surface area contributed by atoms with Crippen molar-refractivity contribution in [3.05, 3.63) is 59.1 Å². The van der Waals surface area contributed by atoms with Gasteiger partial charge < -0.3 is 5.73 Å². The molecule has 1 atom stereocenters. The van der Waals surface area contributed by atoms with Gasteiger partial charge in [-0.05, 0) is 23.8 Å². The summed E-state index contributed by atoms with van der Waals surface area (Å²) in [4.78, 5) is 12.9. The number of hydrazine groups is 1. The number of halogens is 1. The van der Waals surface area contributed by atoms with Crippen LogP contribution in [0.3, 0.4) is 0 Å². The van der Waals surface area contributed by atoms with Crippen LogP contribution in [0.4, 0.5) is 5.69 Å². The van der Waals surface area contributed by atoms with Crippen LogP contribution in [0.1, 0.15) is 11.5 Å². The van der Waals surface area contributed by atoms with Gasteiger partial charge in [0.05, 0.1) is 5.92 Å². The summed E-state index contributed by atoms with van der Waals surface area (Å²) in [5, 5.41) is 0.594. The molecule has 2 aromatic carbocycles. The average Bonchev–Trinajstić information content (AvgIpc) is 2.50. The predicted octanol–water partition coefficient (Wildman–Crippen LogP) is 2.79. The molecular weight excluding hydrogens is 306 g/mol. The second-order valence-corrected chi connectivity index (χ2v) is 5.96. The molecular formula is C15H16ClN3OS. The first-order valence-electron chi connectivity index (χ1n) is 6.35. The first kappa shape index (κ1) is 15.7. The minimum atomic E-state index is -0.337. The molecule has 0 aliphatic carbocycles. The number of hydrogen-bond donors (Lipinski definition) is 3. The van der Waals surface area contributed by atoms with E-state index in [0.29, 0.717) is 16.5 Å². The van der Waals surface area contributed by atoms with Crippen molar-refractivity contribution in [1.29, 1.82) is 0 Å². The Balaban J connectivity index is 2.15. The minimum absolute atomic E-state index is 0.221. The Morgan fingerprint density at radius 3 is 2.57 bits per heavy atom. The molecule has 0 spiro atoms. The fourth-order valence-corrected chi connectivity index (χ4v) is 3.19. The number of carbonyl (C=O) groups excluding carboxylic acids is 1. The molecule has 0 saturated heterocycles. The van der Waals surface area contributed by atoms with Gasteiger partial charge in [0.15, 0.2) is 0 Å². The number of nitrogen functional groups attached to an aromatic ring is 1. The molecule has 0 aromatic heterocycles. The molecule has 4 nitrogen and oxygen atoms in total. The third-order valence-electron chi connectivity index (χ3n) is 3.04.